The van der Waals surface area contributed by atoms with Gasteiger partial charge in [0.25, 0.3) is 0 Å². The maximum absolute atomic E-state index is 5.38. The van der Waals surface area contributed by atoms with Gasteiger partial charge in [0.2, 0.25) is 0 Å². The highest BCUT2D eigenvalue weighted by molar-refractivity contribution is 5.81. The molecule has 58 valence electrons. The maximum atomic E-state index is 5.38. The van der Waals surface area contributed by atoms with E-state index in [0.717, 1.165) is 5.58 Å². The van der Waals surface area contributed by atoms with Crippen molar-refractivity contribution in [1.29, 1.82) is 0 Å². The van der Waals surface area contributed by atoms with Gasteiger partial charge < -0.3 is 8.98 Å². The van der Waals surface area contributed by atoms with Gasteiger partial charge in [0.15, 0.2) is 5.58 Å². The Kier molecular flexibility index (Phi) is 1.13. The minimum absolute atomic E-state index is 1.02. The van der Waals surface area contributed by atoms with Crippen LogP contribution in [-0.4, -0.2) is 4.57 Å². The zero-order valence-electron chi connectivity index (χ0n) is 7.01. The van der Waals surface area contributed by atoms with Gasteiger partial charge >= 0.3 is 0 Å². The smallest absolute Gasteiger partial charge is 0.154 e. The normalized spacial score (nSPS) is 11.2. The van der Waals surface area contributed by atoms with E-state index in [4.69, 9.17) is 4.42 Å². The summed E-state index contributed by atoms with van der Waals surface area (Å²) in [6.45, 7) is 4.12. The molecule has 2 nitrogen and oxygen atoms in total. The molecule has 2 aromatic rings. The fourth-order valence-electron chi connectivity index (χ4n) is 1.57. The summed E-state index contributed by atoms with van der Waals surface area (Å²) in [5, 5.41) is 0. The number of hydrogen-bond acceptors (Lipinski definition) is 1. The van der Waals surface area contributed by atoms with Crippen LogP contribution in [0.2, 0.25) is 0 Å². The molecule has 2 heteroatoms. The molecular formula is C9H11NO. The van der Waals surface area contributed by atoms with Gasteiger partial charge in [-0.05, 0) is 13.8 Å². The molecule has 2 aromatic heterocycles. The van der Waals surface area contributed by atoms with E-state index in [1.807, 2.05) is 7.05 Å². The summed E-state index contributed by atoms with van der Waals surface area (Å²) in [6, 6.07) is 0. The van der Waals surface area contributed by atoms with Gasteiger partial charge in [-0.25, -0.2) is 0 Å². The number of aromatic nitrogens is 1. The second-order valence-corrected chi connectivity index (χ2v) is 3.02. The second kappa shape index (κ2) is 1.91. The highest BCUT2D eigenvalue weighted by Gasteiger charge is 2.08. The Balaban J connectivity index is 2.98. The van der Waals surface area contributed by atoms with E-state index < -0.39 is 0 Å². The van der Waals surface area contributed by atoms with Crippen molar-refractivity contribution in [2.75, 3.05) is 0 Å². The van der Waals surface area contributed by atoms with E-state index in [1.54, 1.807) is 6.26 Å². The van der Waals surface area contributed by atoms with E-state index >= 15 is 0 Å². The van der Waals surface area contributed by atoms with Gasteiger partial charge in [0.1, 0.15) is 0 Å². The third kappa shape index (κ3) is 0.723. The number of rotatable bonds is 0. The van der Waals surface area contributed by atoms with Gasteiger partial charge in [0.05, 0.1) is 11.8 Å². The third-order valence-electron chi connectivity index (χ3n) is 2.04. The quantitative estimate of drug-likeness (QED) is 0.562. The first-order chi connectivity index (χ1) is 5.20. The molecule has 11 heavy (non-hydrogen) atoms. The lowest BCUT2D eigenvalue weighted by Gasteiger charge is -1.89. The monoisotopic (exact) mass is 149 g/mol. The van der Waals surface area contributed by atoms with Gasteiger partial charge in [-0.2, -0.15) is 0 Å². The second-order valence-electron chi connectivity index (χ2n) is 3.02. The first kappa shape index (κ1) is 6.53. The maximum Gasteiger partial charge on any atom is 0.154 e. The molecule has 0 radical (unpaired) electrons. The summed E-state index contributed by atoms with van der Waals surface area (Å²) in [6.07, 6.45) is 3.89. The van der Waals surface area contributed by atoms with Crippen molar-refractivity contribution in [3.63, 3.8) is 0 Å². The fourth-order valence-corrected chi connectivity index (χ4v) is 1.57. The van der Waals surface area contributed by atoms with Gasteiger partial charge in [-0.15, -0.1) is 0 Å². The average Bonchev–Trinajstić information content (AvgIpc) is 2.41. The minimum Gasteiger partial charge on any atom is -0.462 e. The summed E-state index contributed by atoms with van der Waals surface area (Å²) >= 11 is 0. The number of aryl methyl sites for hydroxylation is 3. The molecular weight excluding hydrogens is 138 g/mol. The van der Waals surface area contributed by atoms with Gasteiger partial charge in [-0.3, -0.25) is 0 Å². The van der Waals surface area contributed by atoms with Crippen molar-refractivity contribution in [3.05, 3.63) is 23.6 Å². The molecule has 0 aliphatic carbocycles. The van der Waals surface area contributed by atoms with Crippen LogP contribution in [0, 0.1) is 13.8 Å². The van der Waals surface area contributed by atoms with Crippen molar-refractivity contribution in [1.82, 2.24) is 4.57 Å². The molecule has 2 heterocycles. The summed E-state index contributed by atoms with van der Waals surface area (Å²) in [7, 11) is 2.04. The average molecular weight is 149 g/mol. The molecule has 0 aliphatic heterocycles. The Morgan fingerprint density at radius 2 is 2.00 bits per heavy atom. The van der Waals surface area contributed by atoms with E-state index in [0.29, 0.717) is 0 Å². The largest absolute Gasteiger partial charge is 0.462 e. The zero-order chi connectivity index (χ0) is 8.01. The molecule has 0 amide bonds. The lowest BCUT2D eigenvalue weighted by atomic mass is 10.3. The predicted octanol–water partition coefficient (Wildman–Crippen LogP) is 2.39. The number of hydrogen-bond donors (Lipinski definition) is 0. The highest BCUT2D eigenvalue weighted by Crippen LogP contribution is 2.24. The molecule has 2 rings (SSSR count). The summed E-state index contributed by atoms with van der Waals surface area (Å²) in [4.78, 5) is 0. The van der Waals surface area contributed by atoms with Crippen LogP contribution in [0.4, 0.5) is 0 Å². The minimum atomic E-state index is 1.02. The first-order valence-corrected chi connectivity index (χ1v) is 3.70. The van der Waals surface area contributed by atoms with E-state index in [2.05, 4.69) is 24.6 Å². The van der Waals surface area contributed by atoms with E-state index in [9.17, 15) is 0 Å². The summed E-state index contributed by atoms with van der Waals surface area (Å²) in [5.41, 5.74) is 4.64. The lowest BCUT2D eigenvalue weighted by molar-refractivity contribution is 0.611. The van der Waals surface area contributed by atoms with Crippen molar-refractivity contribution in [2.45, 2.75) is 13.8 Å². The van der Waals surface area contributed by atoms with Gasteiger partial charge in [-0.1, -0.05) is 0 Å². The molecule has 0 saturated carbocycles. The lowest BCUT2D eigenvalue weighted by Crippen LogP contribution is -1.83. The van der Waals surface area contributed by atoms with Crippen molar-refractivity contribution in [2.24, 2.45) is 7.05 Å². The molecule has 0 aromatic carbocycles. The molecule has 0 bridgehead atoms. The summed E-state index contributed by atoms with van der Waals surface area (Å²) in [5.74, 6) is 0. The predicted molar refractivity (Wildman–Crippen MR) is 44.7 cm³/mol. The molecule has 0 aliphatic rings. The van der Waals surface area contributed by atoms with Crippen LogP contribution < -0.4 is 0 Å². The Labute approximate surface area is 65.4 Å². The van der Waals surface area contributed by atoms with Crippen LogP contribution in [0.1, 0.15) is 11.1 Å². The topological polar surface area (TPSA) is 18.1 Å². The Hall–Kier alpha value is -1.18. The molecule has 0 unspecified atom stereocenters. The van der Waals surface area contributed by atoms with Crippen molar-refractivity contribution in [3.8, 4) is 0 Å². The third-order valence-corrected chi connectivity index (χ3v) is 2.04. The number of nitrogens with zero attached hydrogens (tertiary/aromatic N) is 1. The van der Waals surface area contributed by atoms with Crippen LogP contribution >= 0.6 is 0 Å². The SMILES string of the molecule is Cc1cn(C)c2c(C)coc12. The molecule has 0 spiro atoms. The van der Waals surface area contributed by atoms with Gasteiger partial charge in [0, 0.05) is 24.4 Å². The van der Waals surface area contributed by atoms with Crippen LogP contribution in [-0.2, 0) is 7.05 Å². The Bertz CT molecular complexity index is 395. The standard InChI is InChI=1S/C9H11NO/c1-6-4-10(3)8-7(2)5-11-9(6)8/h4-5H,1-3H3. The number of fused-ring (bicyclic) bond motifs is 1. The Morgan fingerprint density at radius 3 is 2.64 bits per heavy atom. The van der Waals surface area contributed by atoms with Crippen LogP contribution in [0.5, 0.6) is 0 Å². The van der Waals surface area contributed by atoms with E-state index in [1.165, 1.54) is 16.6 Å². The summed E-state index contributed by atoms with van der Waals surface area (Å²) < 4.78 is 7.48. The Morgan fingerprint density at radius 1 is 1.27 bits per heavy atom. The van der Waals surface area contributed by atoms with Crippen LogP contribution in [0.25, 0.3) is 11.1 Å². The molecule has 0 fully saturated rings. The molecule has 0 N–H and O–H groups in total. The first-order valence-electron chi connectivity index (χ1n) is 3.70. The number of furan rings is 1. The zero-order valence-corrected chi connectivity index (χ0v) is 7.01. The van der Waals surface area contributed by atoms with Crippen molar-refractivity contribution < 1.29 is 4.42 Å². The highest BCUT2D eigenvalue weighted by atomic mass is 16.3. The van der Waals surface area contributed by atoms with Crippen LogP contribution in [0.3, 0.4) is 0 Å². The van der Waals surface area contributed by atoms with E-state index in [-0.39, 0.29) is 0 Å². The van der Waals surface area contributed by atoms with Crippen LogP contribution in [0.15, 0.2) is 16.9 Å². The molecule has 0 atom stereocenters. The fraction of sp³-hybridized carbons (Fsp3) is 0.333. The van der Waals surface area contributed by atoms with Crippen molar-refractivity contribution >= 4 is 11.1 Å². The molecule has 0 saturated heterocycles.